The lowest BCUT2D eigenvalue weighted by atomic mass is 9.83. The molecule has 1 rings (SSSR count). The topological polar surface area (TPSA) is 26.0 Å². The third-order valence-electron chi connectivity index (χ3n) is 2.86. The quantitative estimate of drug-likeness (QED) is 0.732. The normalized spacial score (nSPS) is 30.5. The van der Waals surface area contributed by atoms with Gasteiger partial charge in [0.05, 0.1) is 0 Å². The maximum atomic E-state index is 5.64. The van der Waals surface area contributed by atoms with Crippen molar-refractivity contribution in [3.63, 3.8) is 0 Å². The van der Waals surface area contributed by atoms with Gasteiger partial charge in [-0.2, -0.15) is 11.8 Å². The van der Waals surface area contributed by atoms with Crippen LogP contribution in [-0.4, -0.2) is 18.1 Å². The van der Waals surface area contributed by atoms with E-state index in [0.717, 1.165) is 18.4 Å². The van der Waals surface area contributed by atoms with E-state index < -0.39 is 0 Å². The van der Waals surface area contributed by atoms with Crippen LogP contribution >= 0.6 is 11.8 Å². The molecule has 72 valence electrons. The highest BCUT2D eigenvalue weighted by Crippen LogP contribution is 2.30. The second-order valence-corrected chi connectivity index (χ2v) is 5.10. The molecule has 2 N–H and O–H groups in total. The van der Waals surface area contributed by atoms with E-state index in [4.69, 9.17) is 5.73 Å². The highest BCUT2D eigenvalue weighted by Gasteiger charge is 2.19. The van der Waals surface area contributed by atoms with Crippen LogP contribution in [0.15, 0.2) is 0 Å². The van der Waals surface area contributed by atoms with Gasteiger partial charge in [0.25, 0.3) is 0 Å². The van der Waals surface area contributed by atoms with Gasteiger partial charge in [0, 0.05) is 0 Å². The number of hydrogen-bond acceptors (Lipinski definition) is 2. The Morgan fingerprint density at radius 2 is 1.75 bits per heavy atom. The zero-order valence-corrected chi connectivity index (χ0v) is 8.91. The molecule has 0 heterocycles. The second-order valence-electron chi connectivity index (χ2n) is 3.78. The van der Waals surface area contributed by atoms with Gasteiger partial charge >= 0.3 is 0 Å². The summed E-state index contributed by atoms with van der Waals surface area (Å²) in [6.45, 7) is 3.16. The van der Waals surface area contributed by atoms with E-state index >= 15 is 0 Å². The molecule has 1 nitrogen and oxygen atoms in total. The molecule has 0 aliphatic heterocycles. The van der Waals surface area contributed by atoms with Crippen LogP contribution in [0.3, 0.4) is 0 Å². The van der Waals surface area contributed by atoms with Crippen molar-refractivity contribution < 1.29 is 0 Å². The zero-order chi connectivity index (χ0) is 8.81. The summed E-state index contributed by atoms with van der Waals surface area (Å²) in [5.74, 6) is 4.50. The highest BCUT2D eigenvalue weighted by molar-refractivity contribution is 7.99. The van der Waals surface area contributed by atoms with Gasteiger partial charge in [-0.1, -0.05) is 6.92 Å². The van der Waals surface area contributed by atoms with Crippen LogP contribution < -0.4 is 5.73 Å². The summed E-state index contributed by atoms with van der Waals surface area (Å²) < 4.78 is 0. The molecule has 1 aliphatic rings. The van der Waals surface area contributed by atoms with Crippen molar-refractivity contribution in [3.05, 3.63) is 0 Å². The Hall–Kier alpha value is 0.310. The average Bonchev–Trinajstić information content (AvgIpc) is 2.15. The van der Waals surface area contributed by atoms with Crippen molar-refractivity contribution in [1.29, 1.82) is 0 Å². The fourth-order valence-corrected chi connectivity index (χ4v) is 2.82. The van der Waals surface area contributed by atoms with Crippen LogP contribution in [0.25, 0.3) is 0 Å². The summed E-state index contributed by atoms with van der Waals surface area (Å²) in [5, 5.41) is 0. The Balaban J connectivity index is 2.09. The second kappa shape index (κ2) is 5.87. The van der Waals surface area contributed by atoms with Crippen molar-refractivity contribution in [2.24, 2.45) is 17.6 Å². The number of nitrogens with two attached hydrogens (primary N) is 1. The van der Waals surface area contributed by atoms with Gasteiger partial charge in [0.2, 0.25) is 0 Å². The van der Waals surface area contributed by atoms with Gasteiger partial charge in [0.15, 0.2) is 0 Å². The Morgan fingerprint density at radius 1 is 1.17 bits per heavy atom. The standard InChI is InChI=1S/C10H21NS/c1-2-12-8-10-5-3-9(7-11)4-6-10/h9-10H,2-8,11H2,1H3. The molecule has 0 bridgehead atoms. The lowest BCUT2D eigenvalue weighted by Crippen LogP contribution is -2.22. The van der Waals surface area contributed by atoms with Crippen LogP contribution in [0.4, 0.5) is 0 Å². The smallest absolute Gasteiger partial charge is 0.00392 e. The first-order chi connectivity index (χ1) is 5.86. The van der Waals surface area contributed by atoms with Gasteiger partial charge in [-0.3, -0.25) is 0 Å². The molecule has 0 radical (unpaired) electrons. The Kier molecular flexibility index (Phi) is 5.08. The van der Waals surface area contributed by atoms with Crippen molar-refractivity contribution in [2.75, 3.05) is 18.1 Å². The van der Waals surface area contributed by atoms with Crippen LogP contribution in [-0.2, 0) is 0 Å². The van der Waals surface area contributed by atoms with Gasteiger partial charge in [-0.05, 0) is 55.6 Å². The number of rotatable bonds is 4. The minimum atomic E-state index is 0.841. The van der Waals surface area contributed by atoms with Crippen molar-refractivity contribution in [1.82, 2.24) is 0 Å². The Morgan fingerprint density at radius 3 is 2.25 bits per heavy atom. The lowest BCUT2D eigenvalue weighted by molar-refractivity contribution is 0.299. The van der Waals surface area contributed by atoms with Crippen LogP contribution in [0.2, 0.25) is 0 Å². The van der Waals surface area contributed by atoms with Crippen molar-refractivity contribution in [2.45, 2.75) is 32.6 Å². The fraction of sp³-hybridized carbons (Fsp3) is 1.00. The highest BCUT2D eigenvalue weighted by atomic mass is 32.2. The van der Waals surface area contributed by atoms with Crippen LogP contribution in [0.5, 0.6) is 0 Å². The Bertz CT molecular complexity index is 108. The molecule has 0 unspecified atom stereocenters. The molecular formula is C10H21NS. The number of hydrogen-bond donors (Lipinski definition) is 1. The first-order valence-corrected chi connectivity index (χ1v) is 6.30. The zero-order valence-electron chi connectivity index (χ0n) is 8.09. The van der Waals surface area contributed by atoms with E-state index in [9.17, 15) is 0 Å². The minimum Gasteiger partial charge on any atom is -0.330 e. The van der Waals surface area contributed by atoms with Crippen LogP contribution in [0, 0.1) is 11.8 Å². The molecule has 0 aromatic heterocycles. The molecule has 0 spiro atoms. The first kappa shape index (κ1) is 10.4. The van der Waals surface area contributed by atoms with Crippen molar-refractivity contribution >= 4 is 11.8 Å². The van der Waals surface area contributed by atoms with Gasteiger partial charge in [-0.25, -0.2) is 0 Å². The average molecular weight is 187 g/mol. The molecule has 1 fully saturated rings. The predicted octanol–water partition coefficient (Wildman–Crippen LogP) is 2.50. The van der Waals surface area contributed by atoms with E-state index in [0.29, 0.717) is 0 Å². The van der Waals surface area contributed by atoms with Crippen LogP contribution in [0.1, 0.15) is 32.6 Å². The van der Waals surface area contributed by atoms with Gasteiger partial charge in [0.1, 0.15) is 0 Å². The molecule has 0 atom stereocenters. The summed E-state index contributed by atoms with van der Waals surface area (Å²) in [5.41, 5.74) is 5.64. The monoisotopic (exact) mass is 187 g/mol. The van der Waals surface area contributed by atoms with E-state index in [1.54, 1.807) is 0 Å². The molecule has 0 amide bonds. The molecule has 1 aliphatic carbocycles. The summed E-state index contributed by atoms with van der Waals surface area (Å²) >= 11 is 2.09. The van der Waals surface area contributed by atoms with Gasteiger partial charge < -0.3 is 5.73 Å². The minimum absolute atomic E-state index is 0.841. The van der Waals surface area contributed by atoms with E-state index in [2.05, 4.69) is 18.7 Å². The maximum absolute atomic E-state index is 5.64. The summed E-state index contributed by atoms with van der Waals surface area (Å²) in [7, 11) is 0. The SMILES string of the molecule is CCSCC1CCC(CN)CC1. The summed E-state index contributed by atoms with van der Waals surface area (Å²) in [4.78, 5) is 0. The third-order valence-corrected chi connectivity index (χ3v) is 3.97. The van der Waals surface area contributed by atoms with Crippen molar-refractivity contribution in [3.8, 4) is 0 Å². The summed E-state index contributed by atoms with van der Waals surface area (Å²) in [6.07, 6.45) is 5.61. The lowest BCUT2D eigenvalue weighted by Gasteiger charge is -2.27. The fourth-order valence-electron chi connectivity index (χ4n) is 1.92. The molecule has 0 saturated heterocycles. The predicted molar refractivity (Wildman–Crippen MR) is 57.5 cm³/mol. The first-order valence-electron chi connectivity index (χ1n) is 5.14. The Labute approximate surface area is 80.5 Å². The molecule has 0 aromatic rings. The molecule has 12 heavy (non-hydrogen) atoms. The molecular weight excluding hydrogens is 166 g/mol. The van der Waals surface area contributed by atoms with E-state index in [1.165, 1.54) is 37.2 Å². The molecule has 2 heteroatoms. The van der Waals surface area contributed by atoms with Gasteiger partial charge in [-0.15, -0.1) is 0 Å². The molecule has 1 saturated carbocycles. The third kappa shape index (κ3) is 3.36. The van der Waals surface area contributed by atoms with E-state index in [1.807, 2.05) is 0 Å². The number of thioether (sulfide) groups is 1. The summed E-state index contributed by atoms with van der Waals surface area (Å²) in [6, 6.07) is 0. The molecule has 0 aromatic carbocycles. The largest absolute Gasteiger partial charge is 0.330 e. The maximum Gasteiger partial charge on any atom is -0.00392 e. The van der Waals surface area contributed by atoms with E-state index in [-0.39, 0.29) is 0 Å².